The molecule has 5 heteroatoms. The van der Waals surface area contributed by atoms with Gasteiger partial charge in [-0.3, -0.25) is 0 Å². The first-order valence-electron chi connectivity index (χ1n) is 5.09. The Hall–Kier alpha value is -0.710. The first-order valence-corrected chi connectivity index (χ1v) is 5.47. The lowest BCUT2D eigenvalue weighted by Crippen LogP contribution is -2.29. The molecule has 16 heavy (non-hydrogen) atoms. The monoisotopic (exact) mass is 247 g/mol. The third-order valence-electron chi connectivity index (χ3n) is 2.89. The van der Waals surface area contributed by atoms with Crippen LogP contribution in [-0.4, -0.2) is 11.2 Å². The van der Waals surface area contributed by atoms with Gasteiger partial charge >= 0.3 is 0 Å². The maximum atomic E-state index is 13.6. The van der Waals surface area contributed by atoms with Gasteiger partial charge < -0.3 is 10.8 Å². The fourth-order valence-corrected chi connectivity index (χ4v) is 1.91. The molecule has 1 aromatic rings. The summed E-state index contributed by atoms with van der Waals surface area (Å²) in [5, 5.41) is 9.56. The Balaban J connectivity index is 2.34. The maximum Gasteiger partial charge on any atom is 0.149 e. The van der Waals surface area contributed by atoms with Gasteiger partial charge in [0.1, 0.15) is 11.6 Å². The minimum Gasteiger partial charge on any atom is -0.391 e. The van der Waals surface area contributed by atoms with Crippen molar-refractivity contribution in [2.24, 2.45) is 11.7 Å². The molecule has 0 spiro atoms. The number of rotatable bonds is 3. The lowest BCUT2D eigenvalue weighted by atomic mass is 9.98. The van der Waals surface area contributed by atoms with Crippen LogP contribution in [0.15, 0.2) is 12.1 Å². The number of aliphatic hydroxyl groups is 1. The van der Waals surface area contributed by atoms with Gasteiger partial charge in [-0.05, 0) is 30.9 Å². The largest absolute Gasteiger partial charge is 0.391 e. The van der Waals surface area contributed by atoms with E-state index in [1.165, 1.54) is 0 Å². The van der Waals surface area contributed by atoms with Gasteiger partial charge in [-0.25, -0.2) is 8.78 Å². The summed E-state index contributed by atoms with van der Waals surface area (Å²) in [6.07, 6.45) is 0.777. The molecule has 1 fully saturated rings. The van der Waals surface area contributed by atoms with Crippen molar-refractivity contribution in [2.75, 3.05) is 0 Å². The smallest absolute Gasteiger partial charge is 0.149 e. The van der Waals surface area contributed by atoms with Crippen LogP contribution in [-0.2, 0) is 0 Å². The molecule has 88 valence electrons. The van der Waals surface area contributed by atoms with Gasteiger partial charge in [-0.2, -0.15) is 0 Å². The molecule has 0 aliphatic heterocycles. The second-order valence-electron chi connectivity index (χ2n) is 4.11. The second-order valence-corrected chi connectivity index (χ2v) is 4.52. The van der Waals surface area contributed by atoms with E-state index in [-0.39, 0.29) is 16.5 Å². The van der Waals surface area contributed by atoms with Crippen LogP contribution in [0.1, 0.15) is 24.4 Å². The van der Waals surface area contributed by atoms with Crippen molar-refractivity contribution in [3.05, 3.63) is 34.4 Å². The van der Waals surface area contributed by atoms with Crippen molar-refractivity contribution in [2.45, 2.75) is 25.0 Å². The number of benzene rings is 1. The summed E-state index contributed by atoms with van der Waals surface area (Å²) in [6.45, 7) is 0. The van der Waals surface area contributed by atoms with E-state index >= 15 is 0 Å². The van der Waals surface area contributed by atoms with E-state index in [1.807, 2.05) is 0 Å². The van der Waals surface area contributed by atoms with Crippen LogP contribution in [0, 0.1) is 17.6 Å². The molecular weight excluding hydrogens is 236 g/mol. The van der Waals surface area contributed by atoms with Crippen LogP contribution in [0.5, 0.6) is 0 Å². The lowest BCUT2D eigenvalue weighted by molar-refractivity contribution is 0.119. The highest BCUT2D eigenvalue weighted by molar-refractivity contribution is 6.30. The molecule has 2 atom stereocenters. The van der Waals surface area contributed by atoms with Crippen molar-refractivity contribution in [1.29, 1.82) is 0 Å². The maximum absolute atomic E-state index is 13.6. The number of hydrogen-bond donors (Lipinski definition) is 2. The van der Waals surface area contributed by atoms with Crippen LogP contribution < -0.4 is 5.73 Å². The van der Waals surface area contributed by atoms with Gasteiger partial charge in [-0.15, -0.1) is 0 Å². The molecule has 0 unspecified atom stereocenters. The molecule has 1 saturated carbocycles. The van der Waals surface area contributed by atoms with Crippen molar-refractivity contribution in [3.8, 4) is 0 Å². The molecular formula is C11H12ClF2NO. The van der Waals surface area contributed by atoms with Crippen molar-refractivity contribution in [1.82, 2.24) is 0 Å². The number of nitrogens with two attached hydrogens (primary N) is 1. The lowest BCUT2D eigenvalue weighted by Gasteiger charge is -2.20. The standard InChI is InChI=1S/C11H12ClF2NO/c12-6-3-4-7(13)8(9(6)14)10(15)11(16)5-1-2-5/h3-5,10-11,16H,1-2,15H2/t10-,11+/m0/s1. The second kappa shape index (κ2) is 4.28. The van der Waals surface area contributed by atoms with Gasteiger partial charge in [0.2, 0.25) is 0 Å². The normalized spacial score (nSPS) is 19.6. The van der Waals surface area contributed by atoms with E-state index in [1.54, 1.807) is 0 Å². The zero-order chi connectivity index (χ0) is 11.9. The predicted molar refractivity (Wildman–Crippen MR) is 57.0 cm³/mol. The Kier molecular flexibility index (Phi) is 3.15. The van der Waals surface area contributed by atoms with Crippen molar-refractivity contribution < 1.29 is 13.9 Å². The quantitative estimate of drug-likeness (QED) is 0.806. The minimum atomic E-state index is -1.06. The molecule has 1 aliphatic rings. The average molecular weight is 248 g/mol. The van der Waals surface area contributed by atoms with Gasteiger partial charge in [-0.1, -0.05) is 11.6 Å². The molecule has 0 amide bonds. The van der Waals surface area contributed by atoms with Crippen LogP contribution in [0.3, 0.4) is 0 Å². The van der Waals surface area contributed by atoms with E-state index in [0.29, 0.717) is 0 Å². The highest BCUT2D eigenvalue weighted by Crippen LogP contribution is 2.38. The third-order valence-corrected chi connectivity index (χ3v) is 3.18. The molecule has 0 saturated heterocycles. The Labute approximate surface area is 97.0 Å². The summed E-state index contributed by atoms with van der Waals surface area (Å²) >= 11 is 5.55. The molecule has 2 rings (SSSR count). The summed E-state index contributed by atoms with van der Waals surface area (Å²) in [6, 6.07) is 1.12. The molecule has 0 aromatic heterocycles. The van der Waals surface area contributed by atoms with E-state index in [9.17, 15) is 13.9 Å². The predicted octanol–water partition coefficient (Wildman–Crippen LogP) is 2.39. The van der Waals surface area contributed by atoms with Crippen molar-refractivity contribution >= 4 is 11.6 Å². The average Bonchev–Trinajstić information content (AvgIpc) is 3.06. The number of aliphatic hydroxyl groups excluding tert-OH is 1. The number of hydrogen-bond acceptors (Lipinski definition) is 2. The molecule has 2 nitrogen and oxygen atoms in total. The van der Waals surface area contributed by atoms with Crippen molar-refractivity contribution in [3.63, 3.8) is 0 Å². The molecule has 3 N–H and O–H groups in total. The molecule has 1 aromatic carbocycles. The van der Waals surface area contributed by atoms with Gasteiger partial charge in [0.25, 0.3) is 0 Å². The topological polar surface area (TPSA) is 46.2 Å². The molecule has 0 bridgehead atoms. The highest BCUT2D eigenvalue weighted by atomic mass is 35.5. The molecule has 1 aliphatic carbocycles. The SMILES string of the molecule is N[C@@H](c1c(F)ccc(Cl)c1F)[C@H](O)C1CC1. The van der Waals surface area contributed by atoms with Gasteiger partial charge in [0.15, 0.2) is 0 Å². The first kappa shape index (κ1) is 11.8. The Morgan fingerprint density at radius 1 is 1.38 bits per heavy atom. The summed E-state index contributed by atoms with van der Waals surface area (Å²) in [5.74, 6) is -1.60. The van der Waals surface area contributed by atoms with Gasteiger partial charge in [0.05, 0.1) is 17.2 Å². The summed E-state index contributed by atoms with van der Waals surface area (Å²) in [4.78, 5) is 0. The third kappa shape index (κ3) is 2.05. The summed E-state index contributed by atoms with van der Waals surface area (Å²) < 4.78 is 27.0. The molecule has 0 radical (unpaired) electrons. The fraction of sp³-hybridized carbons (Fsp3) is 0.455. The first-order chi connectivity index (χ1) is 7.52. The zero-order valence-electron chi connectivity index (χ0n) is 8.46. The Morgan fingerprint density at radius 3 is 2.56 bits per heavy atom. The zero-order valence-corrected chi connectivity index (χ0v) is 9.22. The van der Waals surface area contributed by atoms with E-state index in [0.717, 1.165) is 25.0 Å². The van der Waals surface area contributed by atoms with Crippen LogP contribution in [0.4, 0.5) is 8.78 Å². The fourth-order valence-electron chi connectivity index (χ4n) is 1.75. The minimum absolute atomic E-state index is 0.0489. The van der Waals surface area contributed by atoms with E-state index in [4.69, 9.17) is 17.3 Å². The van der Waals surface area contributed by atoms with E-state index in [2.05, 4.69) is 0 Å². The Bertz CT molecular complexity index is 409. The molecule has 0 heterocycles. The summed E-state index contributed by atoms with van der Waals surface area (Å²) in [5.41, 5.74) is 5.33. The van der Waals surface area contributed by atoms with Crippen LogP contribution in [0.2, 0.25) is 5.02 Å². The highest BCUT2D eigenvalue weighted by Gasteiger charge is 2.36. The van der Waals surface area contributed by atoms with Gasteiger partial charge in [0, 0.05) is 5.56 Å². The Morgan fingerprint density at radius 2 is 2.00 bits per heavy atom. The number of halogens is 3. The van der Waals surface area contributed by atoms with Crippen LogP contribution in [0.25, 0.3) is 0 Å². The van der Waals surface area contributed by atoms with Crippen LogP contribution >= 0.6 is 11.6 Å². The summed E-state index contributed by atoms with van der Waals surface area (Å²) in [7, 11) is 0. The van der Waals surface area contributed by atoms with E-state index < -0.39 is 23.8 Å².